The van der Waals surface area contributed by atoms with Crippen LogP contribution < -0.4 is 5.32 Å². The molecule has 0 saturated carbocycles. The maximum atomic E-state index is 5.85. The van der Waals surface area contributed by atoms with Crippen molar-refractivity contribution in [2.24, 2.45) is 5.92 Å². The molecule has 1 fully saturated rings. The van der Waals surface area contributed by atoms with E-state index >= 15 is 0 Å². The highest BCUT2D eigenvalue weighted by molar-refractivity contribution is 7.98. The van der Waals surface area contributed by atoms with Crippen LogP contribution in [0, 0.1) is 5.92 Å². The van der Waals surface area contributed by atoms with Crippen molar-refractivity contribution in [3.05, 3.63) is 34.9 Å². The molecule has 1 saturated heterocycles. The molecule has 16 heavy (non-hydrogen) atoms. The van der Waals surface area contributed by atoms with Crippen LogP contribution in [0.15, 0.2) is 24.3 Å². The van der Waals surface area contributed by atoms with Crippen LogP contribution in [-0.4, -0.2) is 18.8 Å². The number of piperidine rings is 1. The van der Waals surface area contributed by atoms with Gasteiger partial charge < -0.3 is 5.32 Å². The van der Waals surface area contributed by atoms with E-state index in [-0.39, 0.29) is 0 Å². The largest absolute Gasteiger partial charge is 0.317 e. The quantitative estimate of drug-likeness (QED) is 0.883. The summed E-state index contributed by atoms with van der Waals surface area (Å²) in [7, 11) is 0. The van der Waals surface area contributed by atoms with Gasteiger partial charge in [-0.15, -0.1) is 0 Å². The van der Waals surface area contributed by atoms with Gasteiger partial charge in [0.2, 0.25) is 0 Å². The van der Waals surface area contributed by atoms with E-state index in [4.69, 9.17) is 11.6 Å². The topological polar surface area (TPSA) is 12.0 Å². The summed E-state index contributed by atoms with van der Waals surface area (Å²) in [5.41, 5.74) is 1.38. The Morgan fingerprint density at radius 3 is 2.56 bits per heavy atom. The molecule has 1 aromatic rings. The molecule has 1 N–H and O–H groups in total. The third kappa shape index (κ3) is 4.00. The van der Waals surface area contributed by atoms with E-state index in [2.05, 4.69) is 17.4 Å². The highest BCUT2D eigenvalue weighted by Crippen LogP contribution is 2.21. The number of rotatable bonds is 4. The Balaban J connectivity index is 1.69. The Morgan fingerprint density at radius 1 is 1.19 bits per heavy atom. The van der Waals surface area contributed by atoms with Crippen molar-refractivity contribution in [3.8, 4) is 0 Å². The van der Waals surface area contributed by atoms with Crippen molar-refractivity contribution in [1.82, 2.24) is 5.32 Å². The molecular formula is C13H18ClNS. The number of benzene rings is 1. The van der Waals surface area contributed by atoms with Crippen molar-refractivity contribution in [2.45, 2.75) is 18.6 Å². The predicted molar refractivity (Wildman–Crippen MR) is 73.2 cm³/mol. The second-order valence-corrected chi connectivity index (χ2v) is 5.80. The fourth-order valence-electron chi connectivity index (χ4n) is 1.97. The van der Waals surface area contributed by atoms with E-state index in [1.165, 1.54) is 37.2 Å². The Morgan fingerprint density at radius 2 is 1.88 bits per heavy atom. The molecule has 88 valence electrons. The number of hydrogen-bond acceptors (Lipinski definition) is 2. The summed E-state index contributed by atoms with van der Waals surface area (Å²) >= 11 is 7.90. The second-order valence-electron chi connectivity index (χ2n) is 4.33. The summed E-state index contributed by atoms with van der Waals surface area (Å²) in [5, 5.41) is 4.23. The van der Waals surface area contributed by atoms with E-state index < -0.39 is 0 Å². The molecule has 0 aliphatic carbocycles. The first-order valence-corrected chi connectivity index (χ1v) is 7.41. The molecule has 0 bridgehead atoms. The van der Waals surface area contributed by atoms with E-state index in [1.807, 2.05) is 23.9 Å². The van der Waals surface area contributed by atoms with Crippen LogP contribution in [0.1, 0.15) is 18.4 Å². The lowest BCUT2D eigenvalue weighted by Crippen LogP contribution is -2.28. The maximum absolute atomic E-state index is 5.85. The van der Waals surface area contributed by atoms with E-state index in [1.54, 1.807) is 0 Å². The van der Waals surface area contributed by atoms with Gasteiger partial charge in [-0.25, -0.2) is 0 Å². The first kappa shape index (κ1) is 12.3. The molecule has 2 rings (SSSR count). The first-order valence-electron chi connectivity index (χ1n) is 5.87. The van der Waals surface area contributed by atoms with Crippen LogP contribution in [0.3, 0.4) is 0 Å². The van der Waals surface area contributed by atoms with Gasteiger partial charge in [0, 0.05) is 10.8 Å². The number of thioether (sulfide) groups is 1. The normalized spacial score (nSPS) is 17.6. The molecule has 0 aromatic heterocycles. The average Bonchev–Trinajstić information content (AvgIpc) is 2.33. The van der Waals surface area contributed by atoms with E-state index in [9.17, 15) is 0 Å². The molecular weight excluding hydrogens is 238 g/mol. The van der Waals surface area contributed by atoms with Gasteiger partial charge in [-0.3, -0.25) is 0 Å². The van der Waals surface area contributed by atoms with Gasteiger partial charge in [-0.2, -0.15) is 11.8 Å². The minimum Gasteiger partial charge on any atom is -0.317 e. The monoisotopic (exact) mass is 255 g/mol. The fourth-order valence-corrected chi connectivity index (χ4v) is 3.31. The number of hydrogen-bond donors (Lipinski definition) is 1. The average molecular weight is 256 g/mol. The molecule has 0 amide bonds. The van der Waals surface area contributed by atoms with Crippen molar-refractivity contribution >= 4 is 23.4 Å². The zero-order chi connectivity index (χ0) is 11.2. The van der Waals surface area contributed by atoms with Crippen LogP contribution in [0.2, 0.25) is 5.02 Å². The van der Waals surface area contributed by atoms with Crippen LogP contribution in [0.25, 0.3) is 0 Å². The Kier molecular flexibility index (Phi) is 5.01. The van der Waals surface area contributed by atoms with Gasteiger partial charge in [-0.05, 0) is 55.3 Å². The summed E-state index contributed by atoms with van der Waals surface area (Å²) in [4.78, 5) is 0. The lowest BCUT2D eigenvalue weighted by atomic mass is 10.0. The molecule has 1 aliphatic heterocycles. The highest BCUT2D eigenvalue weighted by Gasteiger charge is 2.12. The molecule has 0 spiro atoms. The Bertz CT molecular complexity index is 306. The third-order valence-corrected chi connectivity index (χ3v) is 4.49. The minimum atomic E-state index is 0.826. The second kappa shape index (κ2) is 6.53. The summed E-state index contributed by atoms with van der Waals surface area (Å²) in [6, 6.07) is 8.19. The number of nitrogens with one attached hydrogen (secondary N) is 1. The van der Waals surface area contributed by atoms with Crippen molar-refractivity contribution < 1.29 is 0 Å². The summed E-state index contributed by atoms with van der Waals surface area (Å²) in [5.74, 6) is 3.32. The van der Waals surface area contributed by atoms with Crippen molar-refractivity contribution in [2.75, 3.05) is 18.8 Å². The van der Waals surface area contributed by atoms with Crippen LogP contribution in [0.5, 0.6) is 0 Å². The molecule has 1 heterocycles. The van der Waals surface area contributed by atoms with E-state index in [0.29, 0.717) is 0 Å². The molecule has 1 aliphatic rings. The summed E-state index contributed by atoms with van der Waals surface area (Å²) in [6.45, 7) is 2.40. The standard InChI is InChI=1S/C13H18ClNS/c14-13-3-1-11(2-4-13)9-16-10-12-5-7-15-8-6-12/h1-4,12,15H,5-10H2. The molecule has 0 atom stereocenters. The van der Waals surface area contributed by atoms with E-state index in [0.717, 1.165) is 16.7 Å². The Hall–Kier alpha value is -0.180. The molecule has 0 unspecified atom stereocenters. The SMILES string of the molecule is Clc1ccc(CSCC2CCNCC2)cc1. The van der Waals surface area contributed by atoms with Gasteiger partial charge in [0.25, 0.3) is 0 Å². The minimum absolute atomic E-state index is 0.826. The van der Waals surface area contributed by atoms with Gasteiger partial charge in [0.15, 0.2) is 0 Å². The first-order chi connectivity index (χ1) is 7.84. The van der Waals surface area contributed by atoms with Crippen LogP contribution >= 0.6 is 23.4 Å². The molecule has 1 nitrogen and oxygen atoms in total. The zero-order valence-electron chi connectivity index (χ0n) is 9.42. The lowest BCUT2D eigenvalue weighted by Gasteiger charge is -2.22. The molecule has 1 aromatic carbocycles. The van der Waals surface area contributed by atoms with Crippen LogP contribution in [0.4, 0.5) is 0 Å². The highest BCUT2D eigenvalue weighted by atomic mass is 35.5. The lowest BCUT2D eigenvalue weighted by molar-refractivity contribution is 0.408. The number of halogens is 1. The zero-order valence-corrected chi connectivity index (χ0v) is 11.0. The molecule has 3 heteroatoms. The van der Waals surface area contributed by atoms with Crippen molar-refractivity contribution in [3.63, 3.8) is 0 Å². The van der Waals surface area contributed by atoms with Gasteiger partial charge in [0.1, 0.15) is 0 Å². The van der Waals surface area contributed by atoms with Gasteiger partial charge in [0.05, 0.1) is 0 Å². The summed E-state index contributed by atoms with van der Waals surface area (Å²) in [6.07, 6.45) is 2.68. The van der Waals surface area contributed by atoms with Gasteiger partial charge in [-0.1, -0.05) is 23.7 Å². The Labute approximate surface area is 107 Å². The summed E-state index contributed by atoms with van der Waals surface area (Å²) < 4.78 is 0. The maximum Gasteiger partial charge on any atom is 0.0406 e. The van der Waals surface area contributed by atoms with Crippen molar-refractivity contribution in [1.29, 1.82) is 0 Å². The smallest absolute Gasteiger partial charge is 0.0406 e. The molecule has 0 radical (unpaired) electrons. The van der Waals surface area contributed by atoms with Crippen LogP contribution in [-0.2, 0) is 5.75 Å². The predicted octanol–water partition coefficient (Wildman–Crippen LogP) is 3.57. The third-order valence-electron chi connectivity index (χ3n) is 2.99. The van der Waals surface area contributed by atoms with Gasteiger partial charge >= 0.3 is 0 Å². The fraction of sp³-hybridized carbons (Fsp3) is 0.538.